The second-order valence-corrected chi connectivity index (χ2v) is 5.98. The highest BCUT2D eigenvalue weighted by molar-refractivity contribution is 5.95. The average Bonchev–Trinajstić information content (AvgIpc) is 2.49. The molecule has 0 spiro atoms. The second kappa shape index (κ2) is 7.01. The van der Waals surface area contributed by atoms with Gasteiger partial charge in [0.2, 0.25) is 0 Å². The lowest BCUT2D eigenvalue weighted by atomic mass is 10.1. The number of benzene rings is 1. The number of hydrogen-bond donors (Lipinski definition) is 0. The standard InChI is InChI=1S/C17H25NO4/c1-11(2)22-15-7-6-14(8-16(15)20-5)17(19)18-9-13(4)21-10-12(18)3/h6-8,11-13H,9-10H2,1-5H3. The summed E-state index contributed by atoms with van der Waals surface area (Å²) in [6.45, 7) is 9.05. The molecule has 1 aromatic carbocycles. The van der Waals surface area contributed by atoms with Crippen LogP contribution in [0.5, 0.6) is 11.5 Å². The molecule has 1 heterocycles. The van der Waals surface area contributed by atoms with E-state index < -0.39 is 0 Å². The molecule has 0 bridgehead atoms. The normalized spacial score (nSPS) is 21.8. The highest BCUT2D eigenvalue weighted by Gasteiger charge is 2.28. The van der Waals surface area contributed by atoms with Crippen molar-refractivity contribution in [1.82, 2.24) is 4.90 Å². The van der Waals surface area contributed by atoms with Crippen LogP contribution in [0.3, 0.4) is 0 Å². The zero-order valence-corrected chi connectivity index (χ0v) is 14.0. The maximum absolute atomic E-state index is 12.7. The lowest BCUT2D eigenvalue weighted by molar-refractivity contribution is -0.0387. The Balaban J connectivity index is 2.22. The van der Waals surface area contributed by atoms with Crippen molar-refractivity contribution < 1.29 is 19.0 Å². The van der Waals surface area contributed by atoms with Gasteiger partial charge in [-0.15, -0.1) is 0 Å². The Morgan fingerprint density at radius 3 is 2.68 bits per heavy atom. The Labute approximate surface area is 132 Å². The molecule has 2 unspecified atom stereocenters. The molecule has 0 aromatic heterocycles. The van der Waals surface area contributed by atoms with Crippen LogP contribution in [0.2, 0.25) is 0 Å². The zero-order chi connectivity index (χ0) is 16.3. The van der Waals surface area contributed by atoms with E-state index in [2.05, 4.69) is 0 Å². The first-order valence-electron chi connectivity index (χ1n) is 7.69. The molecule has 0 N–H and O–H groups in total. The van der Waals surface area contributed by atoms with Crippen molar-refractivity contribution in [2.45, 2.75) is 45.9 Å². The van der Waals surface area contributed by atoms with Crippen LogP contribution < -0.4 is 9.47 Å². The van der Waals surface area contributed by atoms with E-state index in [-0.39, 0.29) is 24.2 Å². The minimum absolute atomic E-state index is 0.00273. The molecule has 1 fully saturated rings. The molecule has 1 aliphatic heterocycles. The minimum atomic E-state index is -0.00273. The van der Waals surface area contributed by atoms with Crippen molar-refractivity contribution in [2.24, 2.45) is 0 Å². The van der Waals surface area contributed by atoms with Crippen molar-refractivity contribution in [3.05, 3.63) is 23.8 Å². The highest BCUT2D eigenvalue weighted by atomic mass is 16.5. The average molecular weight is 307 g/mol. The monoisotopic (exact) mass is 307 g/mol. The van der Waals surface area contributed by atoms with Gasteiger partial charge in [-0.25, -0.2) is 0 Å². The number of hydrogen-bond acceptors (Lipinski definition) is 4. The van der Waals surface area contributed by atoms with Gasteiger partial charge in [0, 0.05) is 12.1 Å². The van der Waals surface area contributed by atoms with Gasteiger partial charge in [0.1, 0.15) is 0 Å². The van der Waals surface area contributed by atoms with Gasteiger partial charge in [-0.3, -0.25) is 4.79 Å². The number of rotatable bonds is 4. The van der Waals surface area contributed by atoms with E-state index in [0.717, 1.165) is 0 Å². The molecule has 1 aromatic rings. The van der Waals surface area contributed by atoms with Crippen LogP contribution in [0.1, 0.15) is 38.1 Å². The lowest BCUT2D eigenvalue weighted by Crippen LogP contribution is -2.50. The summed E-state index contributed by atoms with van der Waals surface area (Å²) in [5.41, 5.74) is 0.605. The third-order valence-corrected chi connectivity index (χ3v) is 3.64. The van der Waals surface area contributed by atoms with Crippen LogP contribution in [0.25, 0.3) is 0 Å². The summed E-state index contributed by atoms with van der Waals surface area (Å²) in [5, 5.41) is 0. The molecular formula is C17H25NO4. The molecule has 5 nitrogen and oxygen atoms in total. The maximum Gasteiger partial charge on any atom is 0.254 e. The molecule has 22 heavy (non-hydrogen) atoms. The Hall–Kier alpha value is -1.75. The summed E-state index contributed by atoms with van der Waals surface area (Å²) in [6, 6.07) is 5.39. The van der Waals surface area contributed by atoms with E-state index in [1.54, 1.807) is 25.3 Å². The number of morpholine rings is 1. The number of methoxy groups -OCH3 is 1. The number of nitrogens with zero attached hydrogens (tertiary/aromatic N) is 1. The van der Waals surface area contributed by atoms with E-state index >= 15 is 0 Å². The molecule has 0 saturated carbocycles. The fourth-order valence-corrected chi connectivity index (χ4v) is 2.50. The zero-order valence-electron chi connectivity index (χ0n) is 14.0. The third-order valence-electron chi connectivity index (χ3n) is 3.64. The molecule has 0 radical (unpaired) electrons. The predicted molar refractivity (Wildman–Crippen MR) is 84.7 cm³/mol. The molecule has 1 saturated heterocycles. The van der Waals surface area contributed by atoms with Gasteiger partial charge in [0.25, 0.3) is 5.91 Å². The van der Waals surface area contributed by atoms with Crippen LogP contribution in [-0.2, 0) is 4.74 Å². The van der Waals surface area contributed by atoms with Gasteiger partial charge in [0.15, 0.2) is 11.5 Å². The largest absolute Gasteiger partial charge is 0.493 e. The van der Waals surface area contributed by atoms with Gasteiger partial charge >= 0.3 is 0 Å². The Kier molecular flexibility index (Phi) is 5.29. The Morgan fingerprint density at radius 1 is 1.32 bits per heavy atom. The van der Waals surface area contributed by atoms with E-state index in [4.69, 9.17) is 14.2 Å². The van der Waals surface area contributed by atoms with E-state index in [0.29, 0.717) is 30.2 Å². The van der Waals surface area contributed by atoms with E-state index in [1.165, 1.54) is 0 Å². The predicted octanol–water partition coefficient (Wildman–Crippen LogP) is 2.73. The van der Waals surface area contributed by atoms with Crippen molar-refractivity contribution in [3.63, 3.8) is 0 Å². The van der Waals surface area contributed by atoms with Gasteiger partial charge in [-0.1, -0.05) is 0 Å². The summed E-state index contributed by atoms with van der Waals surface area (Å²) < 4.78 is 16.6. The molecule has 5 heteroatoms. The van der Waals surface area contributed by atoms with Crippen molar-refractivity contribution >= 4 is 5.91 Å². The quantitative estimate of drug-likeness (QED) is 0.858. The number of carbonyl (C=O) groups excluding carboxylic acids is 1. The summed E-state index contributed by atoms with van der Waals surface area (Å²) in [4.78, 5) is 14.6. The summed E-state index contributed by atoms with van der Waals surface area (Å²) >= 11 is 0. The molecule has 1 aliphatic rings. The molecule has 1 amide bonds. The van der Waals surface area contributed by atoms with Gasteiger partial charge < -0.3 is 19.1 Å². The molecule has 2 atom stereocenters. The fourth-order valence-electron chi connectivity index (χ4n) is 2.50. The number of carbonyl (C=O) groups is 1. The van der Waals surface area contributed by atoms with Crippen molar-refractivity contribution in [1.29, 1.82) is 0 Å². The summed E-state index contributed by atoms with van der Waals surface area (Å²) in [6.07, 6.45) is 0.112. The minimum Gasteiger partial charge on any atom is -0.493 e. The molecule has 0 aliphatic carbocycles. The lowest BCUT2D eigenvalue weighted by Gasteiger charge is -2.36. The third kappa shape index (κ3) is 3.71. The van der Waals surface area contributed by atoms with E-state index in [9.17, 15) is 4.79 Å². The molecular weight excluding hydrogens is 282 g/mol. The Bertz CT molecular complexity index is 529. The first-order valence-corrected chi connectivity index (χ1v) is 7.69. The van der Waals surface area contributed by atoms with Gasteiger partial charge in [-0.05, 0) is 45.9 Å². The Morgan fingerprint density at radius 2 is 2.05 bits per heavy atom. The van der Waals surface area contributed by atoms with E-state index in [1.807, 2.05) is 32.6 Å². The SMILES string of the molecule is COc1cc(C(=O)N2CC(C)OCC2C)ccc1OC(C)C. The topological polar surface area (TPSA) is 48.0 Å². The van der Waals surface area contributed by atoms with Crippen molar-refractivity contribution in [3.8, 4) is 11.5 Å². The van der Waals surface area contributed by atoms with Crippen LogP contribution in [0.4, 0.5) is 0 Å². The first kappa shape index (κ1) is 16.6. The van der Waals surface area contributed by atoms with Crippen LogP contribution >= 0.6 is 0 Å². The fraction of sp³-hybridized carbons (Fsp3) is 0.588. The maximum atomic E-state index is 12.7. The van der Waals surface area contributed by atoms with Gasteiger partial charge in [0.05, 0.1) is 32.0 Å². The van der Waals surface area contributed by atoms with Crippen molar-refractivity contribution in [2.75, 3.05) is 20.3 Å². The summed E-state index contributed by atoms with van der Waals surface area (Å²) in [7, 11) is 1.58. The smallest absolute Gasteiger partial charge is 0.254 e. The highest BCUT2D eigenvalue weighted by Crippen LogP contribution is 2.30. The van der Waals surface area contributed by atoms with Crippen LogP contribution in [0.15, 0.2) is 18.2 Å². The van der Waals surface area contributed by atoms with Crippen LogP contribution in [0, 0.1) is 0 Å². The second-order valence-electron chi connectivity index (χ2n) is 5.98. The summed E-state index contributed by atoms with van der Waals surface area (Å²) in [5.74, 6) is 1.23. The first-order chi connectivity index (χ1) is 10.4. The molecule has 2 rings (SSSR count). The van der Waals surface area contributed by atoms with Gasteiger partial charge in [-0.2, -0.15) is 0 Å². The molecule has 122 valence electrons. The number of amides is 1. The van der Waals surface area contributed by atoms with Crippen LogP contribution in [-0.4, -0.2) is 49.3 Å². The number of ether oxygens (including phenoxy) is 3.